The third-order valence-corrected chi connectivity index (χ3v) is 2.95. The molecule has 1 atom stereocenters. The number of alkyl halides is 4. The van der Waals surface area contributed by atoms with Crippen LogP contribution in [0.5, 0.6) is 0 Å². The average Bonchev–Trinajstić information content (AvgIpc) is 2.25. The lowest BCUT2D eigenvalue weighted by Crippen LogP contribution is -2.20. The Bertz CT molecular complexity index is 366. The molecule has 0 aliphatic rings. The average molecular weight is 267 g/mol. The van der Waals surface area contributed by atoms with Gasteiger partial charge in [0.05, 0.1) is 10.9 Å². The van der Waals surface area contributed by atoms with Gasteiger partial charge in [0.2, 0.25) is 0 Å². The second-order valence-corrected chi connectivity index (χ2v) is 4.63. The molecule has 0 aromatic carbocycles. The maximum absolute atomic E-state index is 12.4. The van der Waals surface area contributed by atoms with E-state index in [9.17, 15) is 13.2 Å². The molecule has 1 aromatic rings. The summed E-state index contributed by atoms with van der Waals surface area (Å²) in [5.74, 6) is 0.432. The minimum Gasteiger partial charge on any atom is -0.369 e. The van der Waals surface area contributed by atoms with Crippen molar-refractivity contribution in [1.29, 1.82) is 0 Å². The topological polar surface area (TPSA) is 24.9 Å². The molecule has 0 saturated carbocycles. The number of hydrogen-bond acceptors (Lipinski definition) is 2. The summed E-state index contributed by atoms with van der Waals surface area (Å²) in [6.07, 6.45) is -3.22. The van der Waals surface area contributed by atoms with Crippen LogP contribution in [-0.2, 0) is 6.18 Å². The Morgan fingerprint density at radius 3 is 2.59 bits per heavy atom. The van der Waals surface area contributed by atoms with Crippen LogP contribution >= 0.6 is 11.6 Å². The molecule has 0 fully saturated rings. The van der Waals surface area contributed by atoms with Crippen molar-refractivity contribution in [2.45, 2.75) is 25.4 Å². The molecule has 1 aromatic heterocycles. The Morgan fingerprint density at radius 1 is 1.41 bits per heavy atom. The van der Waals surface area contributed by atoms with E-state index in [4.69, 9.17) is 11.6 Å². The number of anilines is 1. The zero-order valence-electron chi connectivity index (χ0n) is 9.55. The summed E-state index contributed by atoms with van der Waals surface area (Å²) in [6.45, 7) is 4.27. The fourth-order valence-electron chi connectivity index (χ4n) is 1.14. The molecule has 1 rings (SSSR count). The van der Waals surface area contributed by atoms with Crippen LogP contribution < -0.4 is 5.32 Å². The summed E-state index contributed by atoms with van der Waals surface area (Å²) in [5.41, 5.74) is -0.717. The molecule has 0 saturated heterocycles. The second kappa shape index (κ2) is 5.58. The third kappa shape index (κ3) is 4.42. The van der Waals surface area contributed by atoms with E-state index in [2.05, 4.69) is 10.3 Å². The molecule has 0 radical (unpaired) electrons. The van der Waals surface area contributed by atoms with Gasteiger partial charge in [0.1, 0.15) is 5.82 Å². The molecule has 0 spiro atoms. The van der Waals surface area contributed by atoms with Gasteiger partial charge >= 0.3 is 6.18 Å². The highest BCUT2D eigenvalue weighted by Crippen LogP contribution is 2.29. The van der Waals surface area contributed by atoms with E-state index in [-0.39, 0.29) is 17.1 Å². The highest BCUT2D eigenvalue weighted by molar-refractivity contribution is 6.21. The van der Waals surface area contributed by atoms with Gasteiger partial charge in [-0.1, -0.05) is 13.8 Å². The van der Waals surface area contributed by atoms with Crippen molar-refractivity contribution in [2.24, 2.45) is 5.92 Å². The van der Waals surface area contributed by atoms with Crippen LogP contribution in [0.15, 0.2) is 18.3 Å². The van der Waals surface area contributed by atoms with E-state index in [0.717, 1.165) is 18.3 Å². The SMILES string of the molecule is CC(C)C(Cl)CNc1cc(C(F)(F)F)ccn1. The van der Waals surface area contributed by atoms with E-state index in [1.165, 1.54) is 0 Å². The summed E-state index contributed by atoms with van der Waals surface area (Å²) in [4.78, 5) is 3.81. The van der Waals surface area contributed by atoms with Gasteiger partial charge in [-0.05, 0) is 18.1 Å². The number of halogens is 4. The van der Waals surface area contributed by atoms with E-state index >= 15 is 0 Å². The Morgan fingerprint density at radius 2 is 2.06 bits per heavy atom. The van der Waals surface area contributed by atoms with Crippen LogP contribution in [0.1, 0.15) is 19.4 Å². The molecule has 0 bridgehead atoms. The summed E-state index contributed by atoms with van der Waals surface area (Å²) >= 11 is 5.98. The Labute approximate surface area is 103 Å². The van der Waals surface area contributed by atoms with E-state index in [0.29, 0.717) is 6.54 Å². The van der Waals surface area contributed by atoms with Gasteiger partial charge in [-0.2, -0.15) is 13.2 Å². The van der Waals surface area contributed by atoms with Crippen LogP contribution in [0.3, 0.4) is 0 Å². The zero-order valence-corrected chi connectivity index (χ0v) is 10.3. The van der Waals surface area contributed by atoms with Crippen molar-refractivity contribution in [3.05, 3.63) is 23.9 Å². The van der Waals surface area contributed by atoms with Crippen LogP contribution in [0.25, 0.3) is 0 Å². The summed E-state index contributed by atoms with van der Waals surface area (Å²) < 4.78 is 37.2. The molecular formula is C11H14ClF3N2. The molecule has 6 heteroatoms. The summed E-state index contributed by atoms with van der Waals surface area (Å²) in [7, 11) is 0. The maximum Gasteiger partial charge on any atom is 0.416 e. The van der Waals surface area contributed by atoms with Gasteiger partial charge in [0.15, 0.2) is 0 Å². The maximum atomic E-state index is 12.4. The minimum absolute atomic E-state index is 0.147. The molecular weight excluding hydrogens is 253 g/mol. The first-order chi connectivity index (χ1) is 7.80. The number of nitrogens with zero attached hydrogens (tertiary/aromatic N) is 1. The lowest BCUT2D eigenvalue weighted by atomic mass is 10.1. The second-order valence-electron chi connectivity index (χ2n) is 4.07. The quantitative estimate of drug-likeness (QED) is 0.839. The number of aromatic nitrogens is 1. The monoisotopic (exact) mass is 266 g/mol. The molecule has 0 aliphatic heterocycles. The third-order valence-electron chi connectivity index (χ3n) is 2.29. The molecule has 0 amide bonds. The van der Waals surface area contributed by atoms with Crippen LogP contribution in [0.4, 0.5) is 19.0 Å². The minimum atomic E-state index is -4.35. The van der Waals surface area contributed by atoms with Crippen molar-refractivity contribution in [3.8, 4) is 0 Å². The number of pyridine rings is 1. The Balaban J connectivity index is 2.67. The predicted molar refractivity (Wildman–Crippen MR) is 62.2 cm³/mol. The first-order valence-corrected chi connectivity index (χ1v) is 5.65. The highest BCUT2D eigenvalue weighted by atomic mass is 35.5. The fraction of sp³-hybridized carbons (Fsp3) is 0.545. The van der Waals surface area contributed by atoms with Crippen LogP contribution in [-0.4, -0.2) is 16.9 Å². The van der Waals surface area contributed by atoms with Gasteiger partial charge in [0, 0.05) is 12.7 Å². The van der Waals surface area contributed by atoms with Gasteiger partial charge in [-0.3, -0.25) is 0 Å². The van der Waals surface area contributed by atoms with Crippen molar-refractivity contribution >= 4 is 17.4 Å². The highest BCUT2D eigenvalue weighted by Gasteiger charge is 2.30. The molecule has 1 heterocycles. The lowest BCUT2D eigenvalue weighted by molar-refractivity contribution is -0.137. The van der Waals surface area contributed by atoms with Crippen molar-refractivity contribution in [1.82, 2.24) is 4.98 Å². The Kier molecular flexibility index (Phi) is 4.62. The van der Waals surface area contributed by atoms with Crippen molar-refractivity contribution < 1.29 is 13.2 Å². The molecule has 0 aliphatic carbocycles. The summed E-state index contributed by atoms with van der Waals surface area (Å²) in [6, 6.07) is 1.91. The molecule has 17 heavy (non-hydrogen) atoms. The van der Waals surface area contributed by atoms with Gasteiger partial charge in [-0.25, -0.2) is 4.98 Å². The number of nitrogens with one attached hydrogen (secondary N) is 1. The van der Waals surface area contributed by atoms with Gasteiger partial charge in [0.25, 0.3) is 0 Å². The van der Waals surface area contributed by atoms with Gasteiger partial charge in [-0.15, -0.1) is 11.6 Å². The lowest BCUT2D eigenvalue weighted by Gasteiger charge is -2.15. The smallest absolute Gasteiger partial charge is 0.369 e. The molecule has 1 unspecified atom stereocenters. The zero-order chi connectivity index (χ0) is 13.1. The van der Waals surface area contributed by atoms with E-state index in [1.807, 2.05) is 13.8 Å². The number of rotatable bonds is 4. The van der Waals surface area contributed by atoms with E-state index < -0.39 is 11.7 Å². The molecule has 2 nitrogen and oxygen atoms in total. The largest absolute Gasteiger partial charge is 0.416 e. The molecule has 96 valence electrons. The van der Waals surface area contributed by atoms with Gasteiger partial charge < -0.3 is 5.32 Å². The summed E-state index contributed by atoms with van der Waals surface area (Å²) in [5, 5.41) is 2.65. The first kappa shape index (κ1) is 14.1. The number of hydrogen-bond donors (Lipinski definition) is 1. The van der Waals surface area contributed by atoms with Crippen molar-refractivity contribution in [2.75, 3.05) is 11.9 Å². The first-order valence-electron chi connectivity index (χ1n) is 5.22. The normalized spacial score (nSPS) is 13.8. The van der Waals surface area contributed by atoms with Crippen molar-refractivity contribution in [3.63, 3.8) is 0 Å². The standard InChI is InChI=1S/C11H14ClF3N2/c1-7(2)9(12)6-17-10-5-8(3-4-16-10)11(13,14)15/h3-5,7,9H,6H2,1-2H3,(H,16,17). The molecule has 1 N–H and O–H groups in total. The Hall–Kier alpha value is -0.970. The fourth-order valence-corrected chi connectivity index (χ4v) is 1.22. The predicted octanol–water partition coefficient (Wildman–Crippen LogP) is 3.78. The van der Waals surface area contributed by atoms with Crippen LogP contribution in [0.2, 0.25) is 0 Å². The van der Waals surface area contributed by atoms with Crippen LogP contribution in [0, 0.1) is 5.92 Å². The van der Waals surface area contributed by atoms with E-state index in [1.54, 1.807) is 0 Å².